The summed E-state index contributed by atoms with van der Waals surface area (Å²) in [5, 5.41) is 0. The maximum atomic E-state index is 4.02. The van der Waals surface area contributed by atoms with Crippen molar-refractivity contribution in [2.24, 2.45) is 0 Å². The Morgan fingerprint density at radius 2 is 1.72 bits per heavy atom. The van der Waals surface area contributed by atoms with E-state index < -0.39 is 0 Å². The molecule has 0 nitrogen and oxygen atoms in total. The third kappa shape index (κ3) is 2.53. The molecule has 0 N–H and O–H groups in total. The minimum atomic E-state index is 1.22. The Labute approximate surface area is 112 Å². The normalized spacial score (nSPS) is 14.3. The van der Waals surface area contributed by atoms with Crippen molar-refractivity contribution in [3.63, 3.8) is 0 Å². The van der Waals surface area contributed by atoms with Crippen LogP contribution in [0.1, 0.15) is 67.3 Å². The smallest absolute Gasteiger partial charge is 0.0225 e. The first-order valence-electron chi connectivity index (χ1n) is 7.60. The van der Waals surface area contributed by atoms with Gasteiger partial charge < -0.3 is 0 Å². The molecule has 1 aromatic carbocycles. The zero-order valence-corrected chi connectivity index (χ0v) is 12.0. The van der Waals surface area contributed by atoms with Gasteiger partial charge in [0.1, 0.15) is 0 Å². The summed E-state index contributed by atoms with van der Waals surface area (Å²) in [4.78, 5) is 0. The highest BCUT2D eigenvalue weighted by Crippen LogP contribution is 2.32. The van der Waals surface area contributed by atoms with Crippen molar-refractivity contribution in [1.82, 2.24) is 0 Å². The molecule has 0 amide bonds. The van der Waals surface area contributed by atoms with Crippen LogP contribution in [0.25, 0.3) is 6.08 Å². The van der Waals surface area contributed by atoms with E-state index in [-0.39, 0.29) is 0 Å². The topological polar surface area (TPSA) is 0 Å². The zero-order chi connectivity index (χ0) is 13.0. The Bertz CT molecular complexity index is 426. The summed E-state index contributed by atoms with van der Waals surface area (Å²) in [5.41, 5.74) is 7.98. The summed E-state index contributed by atoms with van der Waals surface area (Å²) in [5.74, 6) is 0. The molecule has 0 fully saturated rings. The summed E-state index contributed by atoms with van der Waals surface area (Å²) in [6.45, 7) is 8.58. The maximum Gasteiger partial charge on any atom is -0.0225 e. The van der Waals surface area contributed by atoms with E-state index in [9.17, 15) is 0 Å². The van der Waals surface area contributed by atoms with Crippen molar-refractivity contribution >= 4 is 6.08 Å². The first-order valence-corrected chi connectivity index (χ1v) is 7.60. The highest BCUT2D eigenvalue weighted by Gasteiger charge is 2.18. The van der Waals surface area contributed by atoms with E-state index in [1.807, 2.05) is 0 Å². The van der Waals surface area contributed by atoms with E-state index in [2.05, 4.69) is 32.6 Å². The predicted octanol–water partition coefficient (Wildman–Crippen LogP) is 5.11. The van der Waals surface area contributed by atoms with Crippen LogP contribution in [0.4, 0.5) is 0 Å². The van der Waals surface area contributed by atoms with Gasteiger partial charge in [-0.25, -0.2) is 0 Å². The Balaban J connectivity index is 2.55. The minimum Gasteiger partial charge on any atom is -0.0985 e. The number of rotatable bonds is 5. The van der Waals surface area contributed by atoms with Crippen molar-refractivity contribution in [2.75, 3.05) is 0 Å². The zero-order valence-electron chi connectivity index (χ0n) is 12.0. The van der Waals surface area contributed by atoms with Gasteiger partial charge in [-0.1, -0.05) is 45.4 Å². The molecule has 0 unspecified atom stereocenters. The van der Waals surface area contributed by atoms with Crippen LogP contribution in [0.15, 0.2) is 12.6 Å². The van der Waals surface area contributed by atoms with Crippen molar-refractivity contribution in [3.8, 4) is 0 Å². The predicted molar refractivity (Wildman–Crippen MR) is 81.2 cm³/mol. The van der Waals surface area contributed by atoms with E-state index in [4.69, 9.17) is 0 Å². The fraction of sp³-hybridized carbons (Fsp3) is 0.556. The van der Waals surface area contributed by atoms with E-state index >= 15 is 0 Å². The second kappa shape index (κ2) is 6.22. The van der Waals surface area contributed by atoms with Gasteiger partial charge in [0, 0.05) is 0 Å². The lowest BCUT2D eigenvalue weighted by molar-refractivity contribution is 0.666. The summed E-state index contributed by atoms with van der Waals surface area (Å²) < 4.78 is 0. The molecule has 1 aromatic rings. The van der Waals surface area contributed by atoms with Crippen LogP contribution in [-0.4, -0.2) is 0 Å². The minimum absolute atomic E-state index is 1.22. The fourth-order valence-corrected chi connectivity index (χ4v) is 3.35. The fourth-order valence-electron chi connectivity index (χ4n) is 3.35. The molecule has 0 saturated heterocycles. The molecular formula is C18H26. The summed E-state index contributed by atoms with van der Waals surface area (Å²) in [7, 11) is 0. The van der Waals surface area contributed by atoms with Gasteiger partial charge in [0.2, 0.25) is 0 Å². The van der Waals surface area contributed by atoms with E-state index in [1.54, 1.807) is 22.3 Å². The second-order valence-electron chi connectivity index (χ2n) is 5.47. The highest BCUT2D eigenvalue weighted by molar-refractivity contribution is 5.59. The Hall–Kier alpha value is -1.04. The Morgan fingerprint density at radius 3 is 2.33 bits per heavy atom. The summed E-state index contributed by atoms with van der Waals surface area (Å²) in [6.07, 6.45) is 12.3. The van der Waals surface area contributed by atoms with Crippen molar-refractivity contribution < 1.29 is 0 Å². The SMILES string of the molecule is C=Cc1cc(CCC)c2c(c1CCC)CCCC2. The molecule has 0 atom stereocenters. The maximum absolute atomic E-state index is 4.02. The van der Waals surface area contributed by atoms with Crippen LogP contribution in [0.2, 0.25) is 0 Å². The summed E-state index contributed by atoms with van der Waals surface area (Å²) >= 11 is 0. The number of hydrogen-bond acceptors (Lipinski definition) is 0. The molecule has 98 valence electrons. The molecule has 0 radical (unpaired) electrons. The number of benzene rings is 1. The lowest BCUT2D eigenvalue weighted by Crippen LogP contribution is -2.11. The van der Waals surface area contributed by atoms with Gasteiger partial charge in [-0.2, -0.15) is 0 Å². The van der Waals surface area contributed by atoms with Crippen LogP contribution in [0.3, 0.4) is 0 Å². The van der Waals surface area contributed by atoms with Gasteiger partial charge in [0.15, 0.2) is 0 Å². The first kappa shape index (κ1) is 13.4. The largest absolute Gasteiger partial charge is 0.0985 e. The Morgan fingerprint density at radius 1 is 1.06 bits per heavy atom. The van der Waals surface area contributed by atoms with E-state index in [0.29, 0.717) is 0 Å². The van der Waals surface area contributed by atoms with E-state index in [1.165, 1.54) is 56.9 Å². The molecule has 0 bridgehead atoms. The standard InChI is InChI=1S/C18H26/c1-4-9-15-13-14(6-3)16(10-5-2)18-12-8-7-11-17(15)18/h6,13H,3-5,7-12H2,1-2H3. The average Bonchev–Trinajstić information content (AvgIpc) is 2.41. The highest BCUT2D eigenvalue weighted by atomic mass is 14.2. The van der Waals surface area contributed by atoms with Crippen molar-refractivity contribution in [1.29, 1.82) is 0 Å². The monoisotopic (exact) mass is 242 g/mol. The van der Waals surface area contributed by atoms with Crippen molar-refractivity contribution in [2.45, 2.75) is 65.2 Å². The third-order valence-electron chi connectivity index (χ3n) is 4.14. The molecule has 0 spiro atoms. The Kier molecular flexibility index (Phi) is 4.63. The molecule has 18 heavy (non-hydrogen) atoms. The lowest BCUT2D eigenvalue weighted by atomic mass is 9.80. The molecule has 0 saturated carbocycles. The molecule has 0 heterocycles. The van der Waals surface area contributed by atoms with Crippen LogP contribution in [0.5, 0.6) is 0 Å². The van der Waals surface area contributed by atoms with Crippen LogP contribution < -0.4 is 0 Å². The van der Waals surface area contributed by atoms with Crippen LogP contribution in [-0.2, 0) is 25.7 Å². The number of fused-ring (bicyclic) bond motifs is 1. The lowest BCUT2D eigenvalue weighted by Gasteiger charge is -2.25. The van der Waals surface area contributed by atoms with Crippen LogP contribution in [0, 0.1) is 0 Å². The molecule has 0 aromatic heterocycles. The molecule has 0 heteroatoms. The average molecular weight is 242 g/mol. The van der Waals surface area contributed by atoms with Gasteiger partial charge in [-0.05, 0) is 66.3 Å². The van der Waals surface area contributed by atoms with E-state index in [0.717, 1.165) is 0 Å². The third-order valence-corrected chi connectivity index (χ3v) is 4.14. The van der Waals surface area contributed by atoms with Gasteiger partial charge in [0.25, 0.3) is 0 Å². The number of hydrogen-bond donors (Lipinski definition) is 0. The quantitative estimate of drug-likeness (QED) is 0.673. The van der Waals surface area contributed by atoms with Crippen LogP contribution >= 0.6 is 0 Å². The molecular weight excluding hydrogens is 216 g/mol. The summed E-state index contributed by atoms with van der Waals surface area (Å²) in [6, 6.07) is 2.42. The first-order chi connectivity index (χ1) is 8.81. The van der Waals surface area contributed by atoms with Crippen molar-refractivity contribution in [3.05, 3.63) is 40.5 Å². The van der Waals surface area contributed by atoms with Gasteiger partial charge in [-0.3, -0.25) is 0 Å². The second-order valence-corrected chi connectivity index (χ2v) is 5.47. The van der Waals surface area contributed by atoms with Gasteiger partial charge in [-0.15, -0.1) is 0 Å². The van der Waals surface area contributed by atoms with Gasteiger partial charge >= 0.3 is 0 Å². The van der Waals surface area contributed by atoms with Gasteiger partial charge in [0.05, 0.1) is 0 Å². The molecule has 0 aliphatic heterocycles. The molecule has 1 aliphatic rings. The molecule has 2 rings (SSSR count). The molecule has 1 aliphatic carbocycles. The number of aryl methyl sites for hydroxylation is 1.